The molecule has 4 aliphatic rings. The summed E-state index contributed by atoms with van der Waals surface area (Å²) in [6.45, 7) is 4.49. The number of methoxy groups -OCH3 is 1. The molecule has 0 unspecified atom stereocenters. The van der Waals surface area contributed by atoms with Crippen LogP contribution < -0.4 is 9.64 Å². The highest BCUT2D eigenvalue weighted by Crippen LogP contribution is 2.47. The summed E-state index contributed by atoms with van der Waals surface area (Å²) < 4.78 is 11.7. The van der Waals surface area contributed by atoms with Gasteiger partial charge in [0.1, 0.15) is 11.6 Å². The molecule has 1 N–H and O–H groups in total. The van der Waals surface area contributed by atoms with Gasteiger partial charge in [-0.25, -0.2) is 14.8 Å². The van der Waals surface area contributed by atoms with Gasteiger partial charge in [0, 0.05) is 42.3 Å². The molecule has 0 bridgehead atoms. The number of aryl methyl sites for hydroxylation is 1. The van der Waals surface area contributed by atoms with Gasteiger partial charge in [0.15, 0.2) is 0 Å². The Bertz CT molecular complexity index is 1630. The molecule has 48 heavy (non-hydrogen) atoms. The Balaban J connectivity index is 1.10. The molecule has 2 aromatic carbocycles. The van der Waals surface area contributed by atoms with Crippen molar-refractivity contribution in [2.45, 2.75) is 76.2 Å². The molecule has 2 heterocycles. The van der Waals surface area contributed by atoms with Crippen LogP contribution in [0.4, 0.5) is 5.69 Å². The Hall–Kier alpha value is -3.42. The Kier molecular flexibility index (Phi) is 9.79. The number of carbonyl (C=O) groups is 1. The maximum absolute atomic E-state index is 12.6. The van der Waals surface area contributed by atoms with Gasteiger partial charge in [-0.2, -0.15) is 0 Å². The first kappa shape index (κ1) is 33.1. The first-order valence-corrected chi connectivity index (χ1v) is 18.2. The van der Waals surface area contributed by atoms with Gasteiger partial charge in [-0.05, 0) is 122 Å². The second-order valence-corrected chi connectivity index (χ2v) is 15.2. The number of aliphatic hydroxyl groups excluding tert-OH is 1. The molecule has 254 valence electrons. The average Bonchev–Trinajstić information content (AvgIpc) is 3.23. The molecule has 1 aliphatic heterocycles. The normalized spacial score (nSPS) is 28.9. The Morgan fingerprint density at radius 1 is 1.12 bits per heavy atom. The minimum Gasteiger partial charge on any atom is -0.490 e. The zero-order chi connectivity index (χ0) is 33.3. The van der Waals surface area contributed by atoms with Crippen molar-refractivity contribution in [1.29, 1.82) is 0 Å². The minimum absolute atomic E-state index is 0.193. The molecule has 7 nitrogen and oxygen atoms in total. The molecular weight excluding hydrogens is 622 g/mol. The molecule has 0 saturated heterocycles. The largest absolute Gasteiger partial charge is 0.490 e. The van der Waals surface area contributed by atoms with Crippen LogP contribution in [0.5, 0.6) is 5.75 Å². The number of hydrogen-bond donors (Lipinski definition) is 1. The van der Waals surface area contributed by atoms with Gasteiger partial charge in [0.05, 0.1) is 31.1 Å². The van der Waals surface area contributed by atoms with E-state index in [1.54, 1.807) is 6.07 Å². The highest BCUT2D eigenvalue weighted by molar-refractivity contribution is 6.30. The number of nitrogens with zero attached hydrogens (tertiary/aromatic N) is 3. The SMILES string of the molecule is COC(=O)c1ccc2c(c1)N(C[C@@H]1CC[C@H]1[C@@H](O)/C=C/[C@H]1CCC[C@H](Cc3ncccn3)[C@@H]1C)C[C@@]1(CCCc3cc(Cl)ccc31)CO2. The Morgan fingerprint density at radius 3 is 2.77 bits per heavy atom. The van der Waals surface area contributed by atoms with Crippen LogP contribution in [0.3, 0.4) is 0 Å². The van der Waals surface area contributed by atoms with Crippen LogP contribution in [0, 0.1) is 29.6 Å². The lowest BCUT2D eigenvalue weighted by Gasteiger charge is -2.45. The number of esters is 1. The van der Waals surface area contributed by atoms with Gasteiger partial charge in [-0.1, -0.05) is 43.2 Å². The van der Waals surface area contributed by atoms with E-state index in [1.807, 2.05) is 36.7 Å². The third-order valence-corrected chi connectivity index (χ3v) is 12.2. The third kappa shape index (κ3) is 6.73. The lowest BCUT2D eigenvalue weighted by Crippen LogP contribution is -2.49. The van der Waals surface area contributed by atoms with E-state index in [0.29, 0.717) is 35.8 Å². The van der Waals surface area contributed by atoms with Crippen molar-refractivity contribution in [3.05, 3.63) is 94.5 Å². The van der Waals surface area contributed by atoms with E-state index in [4.69, 9.17) is 21.1 Å². The fraction of sp³-hybridized carbons (Fsp3) is 0.525. The summed E-state index contributed by atoms with van der Waals surface area (Å²) in [5, 5.41) is 12.3. The number of allylic oxidation sites excluding steroid dienone is 1. The monoisotopic (exact) mass is 669 g/mol. The van der Waals surface area contributed by atoms with Crippen molar-refractivity contribution < 1.29 is 19.4 Å². The Labute approximate surface area is 289 Å². The van der Waals surface area contributed by atoms with Crippen molar-refractivity contribution >= 4 is 23.3 Å². The first-order valence-electron chi connectivity index (χ1n) is 17.8. The van der Waals surface area contributed by atoms with Crippen molar-refractivity contribution in [2.75, 3.05) is 31.7 Å². The van der Waals surface area contributed by atoms with E-state index < -0.39 is 6.10 Å². The van der Waals surface area contributed by atoms with Crippen LogP contribution >= 0.6 is 11.6 Å². The highest BCUT2D eigenvalue weighted by Gasteiger charge is 2.44. The molecule has 7 atom stereocenters. The summed E-state index contributed by atoms with van der Waals surface area (Å²) in [5.74, 6) is 3.41. The lowest BCUT2D eigenvalue weighted by molar-refractivity contribution is 0.0450. The van der Waals surface area contributed by atoms with E-state index in [2.05, 4.69) is 46.1 Å². The van der Waals surface area contributed by atoms with Gasteiger partial charge < -0.3 is 19.5 Å². The number of benzene rings is 2. The number of hydrogen-bond acceptors (Lipinski definition) is 7. The highest BCUT2D eigenvalue weighted by atomic mass is 35.5. The fourth-order valence-corrected chi connectivity index (χ4v) is 9.23. The molecule has 1 aromatic heterocycles. The van der Waals surface area contributed by atoms with E-state index >= 15 is 0 Å². The molecule has 3 aliphatic carbocycles. The molecule has 1 spiro atoms. The molecule has 3 aromatic rings. The number of halogens is 1. The second kappa shape index (κ2) is 14.2. The van der Waals surface area contributed by atoms with E-state index in [0.717, 1.165) is 80.3 Å². The number of fused-ring (bicyclic) bond motifs is 3. The van der Waals surface area contributed by atoms with Crippen LogP contribution in [-0.4, -0.2) is 54.0 Å². The molecule has 0 amide bonds. The molecule has 8 heteroatoms. The van der Waals surface area contributed by atoms with Crippen LogP contribution in [0.25, 0.3) is 0 Å². The Morgan fingerprint density at radius 2 is 1.98 bits per heavy atom. The second-order valence-electron chi connectivity index (χ2n) is 14.7. The predicted octanol–water partition coefficient (Wildman–Crippen LogP) is 7.63. The summed E-state index contributed by atoms with van der Waals surface area (Å²) in [7, 11) is 1.42. The van der Waals surface area contributed by atoms with Crippen LogP contribution in [0.2, 0.25) is 5.02 Å². The molecule has 2 saturated carbocycles. The number of aliphatic hydroxyl groups is 1. The predicted molar refractivity (Wildman–Crippen MR) is 189 cm³/mol. The minimum atomic E-state index is -0.482. The zero-order valence-corrected chi connectivity index (χ0v) is 28.9. The fourth-order valence-electron chi connectivity index (χ4n) is 9.03. The molecule has 2 fully saturated rings. The zero-order valence-electron chi connectivity index (χ0n) is 28.2. The van der Waals surface area contributed by atoms with Crippen LogP contribution in [-0.2, 0) is 23.0 Å². The summed E-state index contributed by atoms with van der Waals surface area (Å²) in [5.41, 5.74) is 3.87. The number of ether oxygens (including phenoxy) is 2. The standard InChI is InChI=1S/C40H48ClN3O4/c1-26-27(6-3-7-28(26)22-38-42-18-5-19-43-38)10-15-36(45)33-13-9-31(33)23-44-24-40(17-4-8-29-20-32(41)12-14-34(29)40)25-48-37-16-11-30(21-35(37)44)39(46)47-2/h5,10-12,14-16,18-21,26-28,31,33,36,45H,3-4,6-9,13,17,22-25H2,1-2H3/b15-10+/t26-,27-,28-,31+,33-,36+,40+/m1/s1. The topological polar surface area (TPSA) is 84.8 Å². The van der Waals surface area contributed by atoms with Gasteiger partial charge in [0.25, 0.3) is 0 Å². The van der Waals surface area contributed by atoms with Crippen molar-refractivity contribution in [3.8, 4) is 5.75 Å². The summed E-state index contributed by atoms with van der Waals surface area (Å²) in [6.07, 6.45) is 17.2. The third-order valence-electron chi connectivity index (χ3n) is 12.0. The smallest absolute Gasteiger partial charge is 0.337 e. The van der Waals surface area contributed by atoms with E-state index in [1.165, 1.54) is 31.1 Å². The lowest BCUT2D eigenvalue weighted by atomic mass is 9.68. The molecular formula is C40H48ClN3O4. The van der Waals surface area contributed by atoms with Crippen LogP contribution in [0.1, 0.15) is 79.2 Å². The van der Waals surface area contributed by atoms with Gasteiger partial charge >= 0.3 is 5.97 Å². The molecule has 7 rings (SSSR count). The number of carbonyl (C=O) groups excluding carboxylic acids is 1. The summed E-state index contributed by atoms with van der Waals surface area (Å²) >= 11 is 6.44. The first-order chi connectivity index (χ1) is 23.3. The van der Waals surface area contributed by atoms with E-state index in [9.17, 15) is 9.90 Å². The van der Waals surface area contributed by atoms with Gasteiger partial charge in [-0.15, -0.1) is 0 Å². The summed E-state index contributed by atoms with van der Waals surface area (Å²) in [6, 6.07) is 13.8. The van der Waals surface area contributed by atoms with E-state index in [-0.39, 0.29) is 17.3 Å². The number of aromatic nitrogens is 2. The van der Waals surface area contributed by atoms with Crippen LogP contribution in [0.15, 0.2) is 67.0 Å². The maximum Gasteiger partial charge on any atom is 0.337 e. The maximum atomic E-state index is 12.6. The quantitative estimate of drug-likeness (QED) is 0.195. The average molecular weight is 670 g/mol. The van der Waals surface area contributed by atoms with Crippen molar-refractivity contribution in [1.82, 2.24) is 9.97 Å². The number of anilines is 1. The van der Waals surface area contributed by atoms with Gasteiger partial charge in [0.2, 0.25) is 0 Å². The van der Waals surface area contributed by atoms with Crippen molar-refractivity contribution in [3.63, 3.8) is 0 Å². The number of rotatable bonds is 8. The van der Waals surface area contributed by atoms with Gasteiger partial charge in [-0.3, -0.25) is 0 Å². The van der Waals surface area contributed by atoms with Crippen molar-refractivity contribution in [2.24, 2.45) is 29.6 Å². The summed E-state index contributed by atoms with van der Waals surface area (Å²) in [4.78, 5) is 24.0. The molecule has 0 radical (unpaired) electrons.